The Bertz CT molecular complexity index is 885. The summed E-state index contributed by atoms with van der Waals surface area (Å²) in [7, 11) is -3.67. The molecule has 0 bridgehead atoms. The second-order valence-corrected chi connectivity index (χ2v) is 7.98. The molecule has 1 aliphatic rings. The number of nitrogens with zero attached hydrogens (tertiary/aromatic N) is 4. The molecule has 2 heterocycles. The molecule has 25 heavy (non-hydrogen) atoms. The summed E-state index contributed by atoms with van der Waals surface area (Å²) < 4.78 is 32.4. The Balaban J connectivity index is 1.73. The summed E-state index contributed by atoms with van der Waals surface area (Å²) in [5.74, 6) is 0.766. The molecule has 0 amide bonds. The fourth-order valence-corrected chi connectivity index (χ4v) is 4.60. The van der Waals surface area contributed by atoms with Crippen LogP contribution < -0.4 is 0 Å². The summed E-state index contributed by atoms with van der Waals surface area (Å²) in [4.78, 5) is 2.25. The quantitative estimate of drug-likeness (QED) is 0.825. The first-order chi connectivity index (χ1) is 12.0. The van der Waals surface area contributed by atoms with Crippen LogP contribution in [0.25, 0.3) is 0 Å². The lowest BCUT2D eigenvalue weighted by Gasteiger charge is -2.21. The number of rotatable bonds is 4. The van der Waals surface area contributed by atoms with Gasteiger partial charge < -0.3 is 4.52 Å². The Morgan fingerprint density at radius 3 is 2.76 bits per heavy atom. The zero-order valence-electron chi connectivity index (χ0n) is 14.1. The fourth-order valence-electron chi connectivity index (χ4n) is 2.99. The summed E-state index contributed by atoms with van der Waals surface area (Å²) in [5.41, 5.74) is 1.03. The number of hydrogen-bond acceptors (Lipinski definition) is 6. The van der Waals surface area contributed by atoms with Gasteiger partial charge in [-0.15, -0.1) is 0 Å². The van der Waals surface area contributed by atoms with E-state index in [0.29, 0.717) is 26.2 Å². The number of aromatic nitrogens is 1. The van der Waals surface area contributed by atoms with Crippen molar-refractivity contribution in [3.05, 3.63) is 47.3 Å². The van der Waals surface area contributed by atoms with Crippen LogP contribution in [0.15, 0.2) is 39.8 Å². The van der Waals surface area contributed by atoms with Crippen molar-refractivity contribution in [2.45, 2.75) is 24.8 Å². The Morgan fingerprint density at radius 1 is 1.24 bits per heavy atom. The highest BCUT2D eigenvalue weighted by Gasteiger charge is 2.29. The third kappa shape index (κ3) is 3.90. The first kappa shape index (κ1) is 17.6. The Hall–Kier alpha value is -2.21. The first-order valence-electron chi connectivity index (χ1n) is 8.14. The molecule has 1 fully saturated rings. The van der Waals surface area contributed by atoms with Crippen LogP contribution in [-0.2, 0) is 16.6 Å². The molecule has 1 aromatic heterocycles. The molecule has 2 aromatic rings. The summed E-state index contributed by atoms with van der Waals surface area (Å²) in [5, 5.41) is 13.2. The van der Waals surface area contributed by atoms with E-state index in [-0.39, 0.29) is 10.5 Å². The molecular weight excluding hydrogens is 340 g/mol. The molecule has 0 radical (unpaired) electrons. The van der Waals surface area contributed by atoms with Gasteiger partial charge in [-0.05, 0) is 32.0 Å². The molecule has 132 valence electrons. The highest BCUT2D eigenvalue weighted by Crippen LogP contribution is 2.21. The van der Waals surface area contributed by atoms with Crippen molar-refractivity contribution in [3.8, 4) is 6.07 Å². The standard InChI is InChI=1S/C17H20N4O3S/c1-14-11-16(19-24-14)13-20-7-4-8-21(10-9-20)25(22,23)17-6-3-2-5-15(17)12-18/h2-3,5-6,11H,4,7-10,13H2,1H3. The Morgan fingerprint density at radius 2 is 2.04 bits per heavy atom. The summed E-state index contributed by atoms with van der Waals surface area (Å²) in [6, 6.07) is 10.2. The van der Waals surface area contributed by atoms with E-state index in [9.17, 15) is 13.7 Å². The normalized spacial score (nSPS) is 17.1. The molecule has 0 spiro atoms. The largest absolute Gasteiger partial charge is 0.361 e. The molecule has 0 saturated carbocycles. The van der Waals surface area contributed by atoms with Gasteiger partial charge in [0.1, 0.15) is 11.8 Å². The number of benzene rings is 1. The van der Waals surface area contributed by atoms with E-state index in [1.807, 2.05) is 19.1 Å². The maximum Gasteiger partial charge on any atom is 0.244 e. The van der Waals surface area contributed by atoms with Crippen LogP contribution in [0, 0.1) is 18.3 Å². The number of aryl methyl sites for hydroxylation is 1. The molecule has 1 aliphatic heterocycles. The van der Waals surface area contributed by atoms with E-state index in [2.05, 4.69) is 10.1 Å². The van der Waals surface area contributed by atoms with Gasteiger partial charge in [0.2, 0.25) is 10.0 Å². The highest BCUT2D eigenvalue weighted by atomic mass is 32.2. The molecule has 8 heteroatoms. The Labute approximate surface area is 147 Å². The van der Waals surface area contributed by atoms with Crippen LogP contribution in [0.1, 0.15) is 23.4 Å². The van der Waals surface area contributed by atoms with Gasteiger partial charge in [0.15, 0.2) is 0 Å². The van der Waals surface area contributed by atoms with E-state index in [1.54, 1.807) is 12.1 Å². The minimum atomic E-state index is -3.67. The zero-order chi connectivity index (χ0) is 17.9. The maximum atomic E-state index is 12.9. The van der Waals surface area contributed by atoms with Crippen molar-refractivity contribution >= 4 is 10.0 Å². The van der Waals surface area contributed by atoms with Crippen LogP contribution in [-0.4, -0.2) is 49.0 Å². The summed E-state index contributed by atoms with van der Waals surface area (Å²) in [6.07, 6.45) is 0.727. The molecule has 3 rings (SSSR count). The second kappa shape index (κ2) is 7.35. The fraction of sp³-hybridized carbons (Fsp3) is 0.412. The average Bonchev–Trinajstić information content (AvgIpc) is 2.87. The molecule has 0 aliphatic carbocycles. The van der Waals surface area contributed by atoms with Gasteiger partial charge in [0.25, 0.3) is 0 Å². The van der Waals surface area contributed by atoms with E-state index in [1.165, 1.54) is 16.4 Å². The molecule has 0 unspecified atom stereocenters. The number of nitriles is 1. The van der Waals surface area contributed by atoms with Crippen LogP contribution in [0.2, 0.25) is 0 Å². The van der Waals surface area contributed by atoms with Crippen molar-refractivity contribution in [1.82, 2.24) is 14.4 Å². The van der Waals surface area contributed by atoms with Crippen molar-refractivity contribution in [2.75, 3.05) is 26.2 Å². The minimum absolute atomic E-state index is 0.0816. The van der Waals surface area contributed by atoms with Crippen LogP contribution in [0.4, 0.5) is 0 Å². The van der Waals surface area contributed by atoms with Crippen LogP contribution in [0.3, 0.4) is 0 Å². The van der Waals surface area contributed by atoms with E-state index in [0.717, 1.165) is 24.4 Å². The summed E-state index contributed by atoms with van der Waals surface area (Å²) >= 11 is 0. The van der Waals surface area contributed by atoms with Gasteiger partial charge >= 0.3 is 0 Å². The predicted molar refractivity (Wildman–Crippen MR) is 91.0 cm³/mol. The van der Waals surface area contributed by atoms with E-state index in [4.69, 9.17) is 4.52 Å². The molecule has 0 N–H and O–H groups in total. The lowest BCUT2D eigenvalue weighted by molar-refractivity contribution is 0.268. The molecular formula is C17H20N4O3S. The third-order valence-electron chi connectivity index (χ3n) is 4.24. The number of sulfonamides is 1. The van der Waals surface area contributed by atoms with Crippen molar-refractivity contribution in [1.29, 1.82) is 5.26 Å². The smallest absolute Gasteiger partial charge is 0.244 e. The molecule has 1 saturated heterocycles. The van der Waals surface area contributed by atoms with Gasteiger partial charge in [-0.2, -0.15) is 9.57 Å². The molecule has 0 atom stereocenters. The van der Waals surface area contributed by atoms with Crippen LogP contribution in [0.5, 0.6) is 0 Å². The number of hydrogen-bond donors (Lipinski definition) is 0. The third-order valence-corrected chi connectivity index (χ3v) is 6.19. The molecule has 1 aromatic carbocycles. The minimum Gasteiger partial charge on any atom is -0.361 e. The van der Waals surface area contributed by atoms with Crippen LogP contribution >= 0.6 is 0 Å². The van der Waals surface area contributed by atoms with Gasteiger partial charge in [-0.3, -0.25) is 4.90 Å². The van der Waals surface area contributed by atoms with Crippen molar-refractivity contribution < 1.29 is 12.9 Å². The zero-order valence-corrected chi connectivity index (χ0v) is 14.9. The first-order valence-corrected chi connectivity index (χ1v) is 9.58. The van der Waals surface area contributed by atoms with Crippen molar-refractivity contribution in [2.24, 2.45) is 0 Å². The van der Waals surface area contributed by atoms with E-state index < -0.39 is 10.0 Å². The lowest BCUT2D eigenvalue weighted by atomic mass is 10.2. The van der Waals surface area contributed by atoms with Gasteiger partial charge in [0.05, 0.1) is 16.2 Å². The predicted octanol–water partition coefficient (Wildman–Crippen LogP) is 1.75. The highest BCUT2D eigenvalue weighted by molar-refractivity contribution is 7.89. The Kier molecular flexibility index (Phi) is 5.18. The average molecular weight is 360 g/mol. The maximum absolute atomic E-state index is 12.9. The summed E-state index contributed by atoms with van der Waals surface area (Å²) in [6.45, 7) is 4.72. The van der Waals surface area contributed by atoms with Gasteiger partial charge in [-0.25, -0.2) is 8.42 Å². The van der Waals surface area contributed by atoms with Gasteiger partial charge in [0, 0.05) is 32.2 Å². The second-order valence-electron chi connectivity index (χ2n) is 6.07. The van der Waals surface area contributed by atoms with Gasteiger partial charge in [-0.1, -0.05) is 17.3 Å². The SMILES string of the molecule is Cc1cc(CN2CCCN(S(=O)(=O)c3ccccc3C#N)CC2)no1. The van der Waals surface area contributed by atoms with Crippen molar-refractivity contribution in [3.63, 3.8) is 0 Å². The lowest BCUT2D eigenvalue weighted by Crippen LogP contribution is -2.35. The van der Waals surface area contributed by atoms with E-state index >= 15 is 0 Å². The topological polar surface area (TPSA) is 90.4 Å². The monoisotopic (exact) mass is 360 g/mol. The molecule has 7 nitrogen and oxygen atoms in total.